The summed E-state index contributed by atoms with van der Waals surface area (Å²) < 4.78 is 1.74. The van der Waals surface area contributed by atoms with Crippen LogP contribution in [0.1, 0.15) is 21.5 Å². The number of aromatic nitrogens is 2. The molecular weight excluding hydrogens is 400 g/mol. The molecule has 1 amide bonds. The second kappa shape index (κ2) is 9.43. The van der Waals surface area contributed by atoms with Gasteiger partial charge in [0, 0.05) is 37.3 Å². The van der Waals surface area contributed by atoms with E-state index in [4.69, 9.17) is 5.10 Å². The number of hydrogen-bond donors (Lipinski definition) is 3. The number of amides is 1. The highest BCUT2D eigenvalue weighted by molar-refractivity contribution is 6.00. The number of aryl methyl sites for hydroxylation is 2. The molecule has 1 saturated heterocycles. The molecule has 30 heavy (non-hydrogen) atoms. The van der Waals surface area contributed by atoms with Gasteiger partial charge in [0.25, 0.3) is 5.91 Å². The van der Waals surface area contributed by atoms with Crippen LogP contribution >= 0.6 is 12.4 Å². The Labute approximate surface area is 182 Å². The van der Waals surface area contributed by atoms with Gasteiger partial charge < -0.3 is 15.7 Å². The van der Waals surface area contributed by atoms with Gasteiger partial charge in [-0.1, -0.05) is 30.3 Å². The molecule has 0 radical (unpaired) electrons. The largest absolute Gasteiger partial charge is 0.391 e. The maximum atomic E-state index is 13.0. The summed E-state index contributed by atoms with van der Waals surface area (Å²) >= 11 is 0. The third kappa shape index (κ3) is 4.56. The topological polar surface area (TPSA) is 79.2 Å². The number of rotatable bonds is 5. The van der Waals surface area contributed by atoms with Gasteiger partial charge >= 0.3 is 0 Å². The van der Waals surface area contributed by atoms with Crippen LogP contribution in [-0.2, 0) is 0 Å². The Morgan fingerprint density at radius 3 is 2.60 bits per heavy atom. The number of carbonyl (C=O) groups excluding carboxylic acids is 1. The Morgan fingerprint density at radius 2 is 1.93 bits per heavy atom. The van der Waals surface area contributed by atoms with Crippen molar-refractivity contribution in [3.05, 3.63) is 71.4 Å². The smallest absolute Gasteiger partial charge is 0.255 e. The number of β-amino-alcohol motifs (C(OH)–C–C–N with tert-alkyl or cyclic N) is 1. The number of benzene rings is 2. The van der Waals surface area contributed by atoms with E-state index in [1.54, 1.807) is 10.9 Å². The normalized spacial score (nSPS) is 18.1. The standard InChI is InChI=1S/C23H26N4O2.ClH/c1-15-8-9-17(10-16(15)2)22-20(14-27(26-22)19-6-4-3-5-7-19)23(29)25-12-18-11-24-13-21(18)28;/h3-10,14,18,21,24,28H,11-13H2,1-2H3,(H,25,29);1H. The quantitative estimate of drug-likeness (QED) is 0.586. The van der Waals surface area contributed by atoms with Crippen molar-refractivity contribution in [3.8, 4) is 16.9 Å². The first-order chi connectivity index (χ1) is 14.0. The third-order valence-corrected chi connectivity index (χ3v) is 5.59. The number of halogens is 1. The van der Waals surface area contributed by atoms with Gasteiger partial charge in [-0.25, -0.2) is 4.68 Å². The molecule has 6 nitrogen and oxygen atoms in total. The second-order valence-corrected chi connectivity index (χ2v) is 7.67. The summed E-state index contributed by atoms with van der Waals surface area (Å²) in [5.74, 6) is -0.160. The van der Waals surface area contributed by atoms with Crippen LogP contribution in [0, 0.1) is 19.8 Å². The molecule has 0 saturated carbocycles. The molecule has 1 aromatic heterocycles. The highest BCUT2D eigenvalue weighted by Crippen LogP contribution is 2.26. The number of nitrogens with one attached hydrogen (secondary N) is 2. The van der Waals surface area contributed by atoms with Crippen molar-refractivity contribution in [2.45, 2.75) is 20.0 Å². The van der Waals surface area contributed by atoms with Gasteiger partial charge in [-0.15, -0.1) is 12.4 Å². The van der Waals surface area contributed by atoms with Crippen LogP contribution in [0.5, 0.6) is 0 Å². The van der Waals surface area contributed by atoms with Crippen molar-refractivity contribution in [1.82, 2.24) is 20.4 Å². The van der Waals surface area contributed by atoms with E-state index in [2.05, 4.69) is 36.6 Å². The molecule has 158 valence electrons. The Bertz CT molecular complexity index is 1020. The summed E-state index contributed by atoms with van der Waals surface area (Å²) in [6, 6.07) is 15.9. The minimum atomic E-state index is -0.429. The summed E-state index contributed by atoms with van der Waals surface area (Å²) in [5, 5.41) is 20.8. The second-order valence-electron chi connectivity index (χ2n) is 7.67. The Balaban J connectivity index is 0.00000256. The summed E-state index contributed by atoms with van der Waals surface area (Å²) in [4.78, 5) is 13.0. The lowest BCUT2D eigenvalue weighted by molar-refractivity contribution is 0.0927. The molecule has 2 heterocycles. The summed E-state index contributed by atoms with van der Waals surface area (Å²) in [7, 11) is 0. The lowest BCUT2D eigenvalue weighted by Gasteiger charge is -2.14. The number of hydrogen-bond acceptors (Lipinski definition) is 4. The molecule has 1 aliphatic heterocycles. The fourth-order valence-corrected chi connectivity index (χ4v) is 3.60. The molecule has 0 spiro atoms. The van der Waals surface area contributed by atoms with E-state index in [9.17, 15) is 9.90 Å². The van der Waals surface area contributed by atoms with Crippen molar-refractivity contribution >= 4 is 18.3 Å². The average molecular weight is 427 g/mol. The minimum Gasteiger partial charge on any atom is -0.391 e. The van der Waals surface area contributed by atoms with E-state index in [0.29, 0.717) is 30.9 Å². The molecule has 1 fully saturated rings. The van der Waals surface area contributed by atoms with Crippen molar-refractivity contribution in [2.75, 3.05) is 19.6 Å². The third-order valence-electron chi connectivity index (χ3n) is 5.59. The van der Waals surface area contributed by atoms with Gasteiger partial charge in [0.05, 0.1) is 17.4 Å². The number of aliphatic hydroxyl groups excluding tert-OH is 1. The van der Waals surface area contributed by atoms with E-state index >= 15 is 0 Å². The SMILES string of the molecule is Cc1ccc(-c2nn(-c3ccccc3)cc2C(=O)NCC2CNCC2O)cc1C.Cl. The van der Waals surface area contributed by atoms with Crippen molar-refractivity contribution in [2.24, 2.45) is 5.92 Å². The van der Waals surface area contributed by atoms with Gasteiger partial charge in [-0.2, -0.15) is 5.10 Å². The zero-order chi connectivity index (χ0) is 20.4. The summed E-state index contributed by atoms with van der Waals surface area (Å²) in [6.45, 7) is 5.82. The highest BCUT2D eigenvalue weighted by Gasteiger charge is 2.26. The number of carbonyl (C=O) groups is 1. The summed E-state index contributed by atoms with van der Waals surface area (Å²) in [5.41, 5.74) is 5.34. The molecular formula is C23H27ClN4O2. The van der Waals surface area contributed by atoms with Crippen LogP contribution in [0.4, 0.5) is 0 Å². The lowest BCUT2D eigenvalue weighted by atomic mass is 10.0. The number of aliphatic hydroxyl groups is 1. The van der Waals surface area contributed by atoms with Gasteiger partial charge in [-0.3, -0.25) is 4.79 Å². The van der Waals surface area contributed by atoms with E-state index in [-0.39, 0.29) is 24.2 Å². The van der Waals surface area contributed by atoms with Crippen LogP contribution < -0.4 is 10.6 Å². The predicted octanol–water partition coefficient (Wildman–Crippen LogP) is 2.89. The maximum absolute atomic E-state index is 13.0. The van der Waals surface area contributed by atoms with Crippen LogP contribution in [0.3, 0.4) is 0 Å². The highest BCUT2D eigenvalue weighted by atomic mass is 35.5. The molecule has 1 aliphatic rings. The zero-order valence-corrected chi connectivity index (χ0v) is 17.9. The van der Waals surface area contributed by atoms with E-state index < -0.39 is 6.10 Å². The first kappa shape index (κ1) is 22.0. The van der Waals surface area contributed by atoms with Gasteiger partial charge in [0.15, 0.2) is 0 Å². The van der Waals surface area contributed by atoms with Crippen molar-refractivity contribution in [3.63, 3.8) is 0 Å². The Kier molecular flexibility index (Phi) is 6.92. The maximum Gasteiger partial charge on any atom is 0.255 e. The fourth-order valence-electron chi connectivity index (χ4n) is 3.60. The van der Waals surface area contributed by atoms with E-state index in [1.165, 1.54) is 5.56 Å². The van der Waals surface area contributed by atoms with E-state index in [0.717, 1.165) is 16.8 Å². The lowest BCUT2D eigenvalue weighted by Crippen LogP contribution is -2.34. The van der Waals surface area contributed by atoms with Gasteiger partial charge in [0.2, 0.25) is 0 Å². The predicted molar refractivity (Wildman–Crippen MR) is 120 cm³/mol. The minimum absolute atomic E-state index is 0. The molecule has 2 unspecified atom stereocenters. The molecule has 3 N–H and O–H groups in total. The zero-order valence-electron chi connectivity index (χ0n) is 17.1. The average Bonchev–Trinajstić information content (AvgIpc) is 3.35. The first-order valence-corrected chi connectivity index (χ1v) is 9.92. The molecule has 2 aromatic carbocycles. The number of para-hydroxylation sites is 1. The Morgan fingerprint density at radius 1 is 1.17 bits per heavy atom. The number of nitrogens with zero attached hydrogens (tertiary/aromatic N) is 2. The van der Waals surface area contributed by atoms with Crippen molar-refractivity contribution in [1.29, 1.82) is 0 Å². The molecule has 4 rings (SSSR count). The monoisotopic (exact) mass is 426 g/mol. The van der Waals surface area contributed by atoms with Crippen LogP contribution in [-0.4, -0.2) is 46.5 Å². The van der Waals surface area contributed by atoms with Crippen molar-refractivity contribution < 1.29 is 9.90 Å². The van der Waals surface area contributed by atoms with Crippen LogP contribution in [0.25, 0.3) is 16.9 Å². The van der Waals surface area contributed by atoms with Gasteiger partial charge in [-0.05, 0) is 43.2 Å². The molecule has 2 atom stereocenters. The molecule has 3 aromatic rings. The molecule has 7 heteroatoms. The molecule has 0 aliphatic carbocycles. The van der Waals surface area contributed by atoms with Crippen LogP contribution in [0.15, 0.2) is 54.7 Å². The first-order valence-electron chi connectivity index (χ1n) is 9.92. The van der Waals surface area contributed by atoms with Gasteiger partial charge in [0.1, 0.15) is 5.69 Å². The summed E-state index contributed by atoms with van der Waals surface area (Å²) in [6.07, 6.45) is 1.35. The Hall–Kier alpha value is -2.67. The van der Waals surface area contributed by atoms with Crippen LogP contribution in [0.2, 0.25) is 0 Å². The van der Waals surface area contributed by atoms with E-state index in [1.807, 2.05) is 36.4 Å². The molecule has 0 bridgehead atoms. The fraction of sp³-hybridized carbons (Fsp3) is 0.304.